The summed E-state index contributed by atoms with van der Waals surface area (Å²) < 4.78 is 25.9. The van der Waals surface area contributed by atoms with Gasteiger partial charge in [0.2, 0.25) is 10.0 Å². The standard InChI is InChI=1S/C13H22N2O2S/c1-3-14-10-11-18(16,17)15-9-8-13-7-5-4-6-12(13)2/h4-7,14-15H,3,8-11H2,1-2H3. The summed E-state index contributed by atoms with van der Waals surface area (Å²) in [5.41, 5.74) is 2.39. The molecule has 0 aliphatic carbocycles. The fourth-order valence-corrected chi connectivity index (χ4v) is 2.66. The minimum atomic E-state index is -3.15. The SMILES string of the molecule is CCNCCS(=O)(=O)NCCc1ccccc1C. The summed E-state index contributed by atoms with van der Waals surface area (Å²) in [7, 11) is -3.15. The van der Waals surface area contributed by atoms with E-state index in [2.05, 4.69) is 10.0 Å². The van der Waals surface area contributed by atoms with Gasteiger partial charge in [0.15, 0.2) is 0 Å². The molecule has 0 spiro atoms. The van der Waals surface area contributed by atoms with Crippen LogP contribution in [0.2, 0.25) is 0 Å². The van der Waals surface area contributed by atoms with Crippen molar-refractivity contribution >= 4 is 10.0 Å². The molecular weight excluding hydrogens is 248 g/mol. The van der Waals surface area contributed by atoms with E-state index in [1.165, 1.54) is 11.1 Å². The average Bonchev–Trinajstić information content (AvgIpc) is 2.32. The molecule has 0 unspecified atom stereocenters. The fraction of sp³-hybridized carbons (Fsp3) is 0.538. The van der Waals surface area contributed by atoms with Crippen LogP contribution in [-0.4, -0.2) is 33.8 Å². The summed E-state index contributed by atoms with van der Waals surface area (Å²) in [5, 5.41) is 3.00. The smallest absolute Gasteiger partial charge is 0.212 e. The topological polar surface area (TPSA) is 58.2 Å². The molecule has 0 aliphatic heterocycles. The molecule has 1 aromatic rings. The molecule has 0 amide bonds. The summed E-state index contributed by atoms with van der Waals surface area (Å²) in [4.78, 5) is 0. The van der Waals surface area contributed by atoms with E-state index in [-0.39, 0.29) is 5.75 Å². The van der Waals surface area contributed by atoms with Crippen LogP contribution in [0.5, 0.6) is 0 Å². The lowest BCUT2D eigenvalue weighted by atomic mass is 10.1. The third-order valence-electron chi connectivity index (χ3n) is 2.78. The molecule has 4 nitrogen and oxygen atoms in total. The predicted molar refractivity (Wildman–Crippen MR) is 75.2 cm³/mol. The van der Waals surface area contributed by atoms with Crippen molar-refractivity contribution in [3.63, 3.8) is 0 Å². The van der Waals surface area contributed by atoms with Gasteiger partial charge in [-0.15, -0.1) is 0 Å². The normalized spacial score (nSPS) is 11.7. The maximum Gasteiger partial charge on any atom is 0.212 e. The van der Waals surface area contributed by atoms with Crippen LogP contribution >= 0.6 is 0 Å². The third kappa shape index (κ3) is 5.62. The number of rotatable bonds is 8. The molecule has 1 aromatic carbocycles. The van der Waals surface area contributed by atoms with E-state index in [1.54, 1.807) is 0 Å². The molecule has 2 N–H and O–H groups in total. The van der Waals surface area contributed by atoms with Crippen LogP contribution in [0.15, 0.2) is 24.3 Å². The van der Waals surface area contributed by atoms with Gasteiger partial charge in [-0.2, -0.15) is 0 Å². The van der Waals surface area contributed by atoms with Crippen molar-refractivity contribution in [2.75, 3.05) is 25.4 Å². The lowest BCUT2D eigenvalue weighted by Gasteiger charge is -2.08. The van der Waals surface area contributed by atoms with Gasteiger partial charge in [-0.1, -0.05) is 31.2 Å². The molecule has 102 valence electrons. The van der Waals surface area contributed by atoms with E-state index >= 15 is 0 Å². The molecule has 0 heterocycles. The van der Waals surface area contributed by atoms with Crippen molar-refractivity contribution < 1.29 is 8.42 Å². The minimum absolute atomic E-state index is 0.134. The van der Waals surface area contributed by atoms with Crippen LogP contribution in [0.1, 0.15) is 18.1 Å². The van der Waals surface area contributed by atoms with Crippen LogP contribution in [-0.2, 0) is 16.4 Å². The van der Waals surface area contributed by atoms with Gasteiger partial charge in [-0.05, 0) is 31.0 Å². The van der Waals surface area contributed by atoms with Crippen LogP contribution in [0.25, 0.3) is 0 Å². The Morgan fingerprint density at radius 3 is 2.56 bits per heavy atom. The van der Waals surface area contributed by atoms with Gasteiger partial charge in [-0.3, -0.25) is 0 Å². The molecule has 18 heavy (non-hydrogen) atoms. The Morgan fingerprint density at radius 1 is 1.17 bits per heavy atom. The largest absolute Gasteiger partial charge is 0.316 e. The van der Waals surface area contributed by atoms with Crippen molar-refractivity contribution in [2.24, 2.45) is 0 Å². The summed E-state index contributed by atoms with van der Waals surface area (Å²) >= 11 is 0. The lowest BCUT2D eigenvalue weighted by molar-refractivity contribution is 0.577. The van der Waals surface area contributed by atoms with E-state index < -0.39 is 10.0 Å². The van der Waals surface area contributed by atoms with E-state index in [1.807, 2.05) is 38.1 Å². The van der Waals surface area contributed by atoms with Crippen molar-refractivity contribution in [1.82, 2.24) is 10.0 Å². The Balaban J connectivity index is 2.35. The van der Waals surface area contributed by atoms with E-state index in [4.69, 9.17) is 0 Å². The summed E-state index contributed by atoms with van der Waals surface area (Å²) in [5.74, 6) is 0.134. The number of hydrogen-bond acceptors (Lipinski definition) is 3. The quantitative estimate of drug-likeness (QED) is 0.695. The minimum Gasteiger partial charge on any atom is -0.316 e. The third-order valence-corrected chi connectivity index (χ3v) is 4.16. The van der Waals surface area contributed by atoms with Crippen molar-refractivity contribution in [1.29, 1.82) is 0 Å². The van der Waals surface area contributed by atoms with Gasteiger partial charge in [0, 0.05) is 13.1 Å². The molecule has 0 bridgehead atoms. The molecule has 0 aliphatic rings. The zero-order valence-corrected chi connectivity index (χ0v) is 11.9. The van der Waals surface area contributed by atoms with Crippen LogP contribution in [0, 0.1) is 6.92 Å². The zero-order valence-electron chi connectivity index (χ0n) is 11.1. The fourth-order valence-electron chi connectivity index (χ4n) is 1.69. The second kappa shape index (κ2) is 7.51. The monoisotopic (exact) mass is 270 g/mol. The highest BCUT2D eigenvalue weighted by molar-refractivity contribution is 7.89. The maximum atomic E-state index is 11.6. The Hall–Kier alpha value is -0.910. The molecule has 5 heteroatoms. The second-order valence-corrected chi connectivity index (χ2v) is 6.17. The zero-order chi connectivity index (χ0) is 13.4. The van der Waals surface area contributed by atoms with Gasteiger partial charge in [0.1, 0.15) is 0 Å². The Bertz CT molecular complexity index is 458. The summed E-state index contributed by atoms with van der Waals surface area (Å²) in [6.07, 6.45) is 0.729. The van der Waals surface area contributed by atoms with Crippen molar-refractivity contribution in [2.45, 2.75) is 20.3 Å². The summed E-state index contributed by atoms with van der Waals surface area (Å²) in [6.45, 7) is 5.74. The molecule has 0 atom stereocenters. The van der Waals surface area contributed by atoms with Crippen molar-refractivity contribution in [3.8, 4) is 0 Å². The molecule has 0 fully saturated rings. The van der Waals surface area contributed by atoms with Crippen LogP contribution in [0.3, 0.4) is 0 Å². The van der Waals surface area contributed by atoms with Crippen LogP contribution in [0.4, 0.5) is 0 Å². The first-order valence-electron chi connectivity index (χ1n) is 6.27. The summed E-state index contributed by atoms with van der Waals surface area (Å²) in [6, 6.07) is 8.03. The molecule has 0 saturated heterocycles. The van der Waals surface area contributed by atoms with Gasteiger partial charge in [0.25, 0.3) is 0 Å². The average molecular weight is 270 g/mol. The van der Waals surface area contributed by atoms with E-state index in [9.17, 15) is 8.42 Å². The first-order valence-corrected chi connectivity index (χ1v) is 7.93. The van der Waals surface area contributed by atoms with Gasteiger partial charge in [-0.25, -0.2) is 13.1 Å². The van der Waals surface area contributed by atoms with Gasteiger partial charge in [0.05, 0.1) is 5.75 Å². The predicted octanol–water partition coefficient (Wildman–Crippen LogP) is 1.07. The number of nitrogens with one attached hydrogen (secondary N) is 2. The molecular formula is C13H22N2O2S. The first-order chi connectivity index (χ1) is 8.55. The van der Waals surface area contributed by atoms with E-state index in [0.717, 1.165) is 13.0 Å². The van der Waals surface area contributed by atoms with E-state index in [0.29, 0.717) is 13.1 Å². The highest BCUT2D eigenvalue weighted by Crippen LogP contribution is 2.06. The number of sulfonamides is 1. The molecule has 1 rings (SSSR count). The second-order valence-electron chi connectivity index (χ2n) is 4.24. The van der Waals surface area contributed by atoms with Crippen molar-refractivity contribution in [3.05, 3.63) is 35.4 Å². The highest BCUT2D eigenvalue weighted by Gasteiger charge is 2.08. The molecule has 0 saturated carbocycles. The number of aryl methyl sites for hydroxylation is 1. The first kappa shape index (κ1) is 15.1. The van der Waals surface area contributed by atoms with Crippen LogP contribution < -0.4 is 10.0 Å². The van der Waals surface area contributed by atoms with Gasteiger partial charge < -0.3 is 5.32 Å². The highest BCUT2D eigenvalue weighted by atomic mass is 32.2. The number of hydrogen-bond donors (Lipinski definition) is 2. The maximum absolute atomic E-state index is 11.6. The Labute approximate surface area is 110 Å². The lowest BCUT2D eigenvalue weighted by Crippen LogP contribution is -2.33. The Morgan fingerprint density at radius 2 is 1.89 bits per heavy atom. The molecule has 0 radical (unpaired) electrons. The Kier molecular flexibility index (Phi) is 6.32. The number of benzene rings is 1. The van der Waals surface area contributed by atoms with Gasteiger partial charge >= 0.3 is 0 Å². The molecule has 0 aromatic heterocycles.